The van der Waals surface area contributed by atoms with Crippen LogP contribution in [0.4, 0.5) is 35.1 Å². The van der Waals surface area contributed by atoms with Gasteiger partial charge in [-0.2, -0.15) is 26.3 Å². The van der Waals surface area contributed by atoms with Gasteiger partial charge in [0.15, 0.2) is 23.1 Å². The zero-order valence-electron chi connectivity index (χ0n) is 25.6. The number of alkyl halides is 6. The molecule has 2 atom stereocenters. The van der Waals surface area contributed by atoms with E-state index in [-0.39, 0.29) is 48.0 Å². The molecule has 2 fully saturated rings. The molecule has 0 aromatic heterocycles. The van der Waals surface area contributed by atoms with Crippen LogP contribution in [-0.2, 0) is 31.4 Å². The highest BCUT2D eigenvalue weighted by Gasteiger charge is 2.48. The number of hydrogen-bond donors (Lipinski definition) is 0. The number of carbonyl (C=O) groups is 2. The highest BCUT2D eigenvalue weighted by molar-refractivity contribution is 5.90. The molecular weight excluding hydrogens is 688 g/mol. The average Bonchev–Trinajstić information content (AvgIpc) is 3.97. The molecule has 2 saturated heterocycles. The van der Waals surface area contributed by atoms with Crippen LogP contribution in [-0.4, -0.2) is 50.6 Å². The molecule has 3 aromatic carbocycles. The van der Waals surface area contributed by atoms with Crippen LogP contribution < -0.4 is 18.9 Å². The molecule has 0 amide bonds. The smallest absolute Gasteiger partial charge is 0.420 e. The van der Waals surface area contributed by atoms with E-state index in [1.807, 2.05) is 0 Å². The Morgan fingerprint density at radius 1 is 0.640 bits per heavy atom. The topological polar surface area (TPSA) is 96.1 Å². The predicted molar refractivity (Wildman–Crippen MR) is 158 cm³/mol. The molecule has 0 saturated carbocycles. The molecule has 266 valence electrons. The lowest BCUT2D eigenvalue weighted by molar-refractivity contribution is -0.164. The Morgan fingerprint density at radius 3 is 1.32 bits per heavy atom. The van der Waals surface area contributed by atoms with Gasteiger partial charge in [0.25, 0.3) is 0 Å². The van der Waals surface area contributed by atoms with Crippen LogP contribution in [0.25, 0.3) is 12.2 Å². The summed E-state index contributed by atoms with van der Waals surface area (Å²) in [6.07, 6.45) is -7.19. The lowest BCUT2D eigenvalue weighted by Gasteiger charge is -2.21. The molecule has 2 aliphatic rings. The Hall–Kier alpha value is -4.96. The summed E-state index contributed by atoms with van der Waals surface area (Å²) in [6, 6.07) is 7.80. The second kappa shape index (κ2) is 15.3. The van der Waals surface area contributed by atoms with E-state index in [9.17, 15) is 44.7 Å². The van der Waals surface area contributed by atoms with Crippen molar-refractivity contribution < 1.29 is 73.1 Å². The van der Waals surface area contributed by atoms with Gasteiger partial charge in [0.05, 0.1) is 38.6 Å². The summed E-state index contributed by atoms with van der Waals surface area (Å²) >= 11 is 0. The van der Waals surface area contributed by atoms with Gasteiger partial charge < -0.3 is 28.4 Å². The number of rotatable bonds is 14. The fraction of sp³-hybridized carbons (Fsp3) is 0.294. The van der Waals surface area contributed by atoms with Crippen LogP contribution in [0.15, 0.2) is 60.7 Å². The van der Waals surface area contributed by atoms with Gasteiger partial charge in [0.2, 0.25) is 0 Å². The average molecular weight is 715 g/mol. The van der Waals surface area contributed by atoms with Crippen molar-refractivity contribution in [2.75, 3.05) is 26.4 Å². The van der Waals surface area contributed by atoms with E-state index in [4.69, 9.17) is 18.9 Å². The minimum atomic E-state index is -5.75. The molecule has 0 bridgehead atoms. The lowest BCUT2D eigenvalue weighted by Crippen LogP contribution is -2.21. The van der Waals surface area contributed by atoms with Crippen LogP contribution in [0.2, 0.25) is 0 Å². The van der Waals surface area contributed by atoms with Gasteiger partial charge in [-0.15, -0.1) is 0 Å². The molecule has 2 aliphatic heterocycles. The number of epoxide rings is 2. The largest absolute Gasteiger partial charge is 0.490 e. The Bertz CT molecular complexity index is 1650. The van der Waals surface area contributed by atoms with E-state index in [0.29, 0.717) is 50.3 Å². The maximum Gasteiger partial charge on any atom is 0.420 e. The molecule has 8 nitrogen and oxygen atoms in total. The summed E-state index contributed by atoms with van der Waals surface area (Å²) in [6.45, 7) is 1.56. The molecule has 5 rings (SSSR count). The SMILES string of the molecule is O=C(/C=C/c1ccc(OCCC2CO2)c(F)c1)Oc1ccc(OC(=O)/C=C/c2ccc(OCCC3CO3)c(F)c2)c(C(F)(F)F)c1C(F)(F)F. The van der Waals surface area contributed by atoms with Crippen LogP contribution in [0.5, 0.6) is 23.0 Å². The Balaban J connectivity index is 1.28. The lowest BCUT2D eigenvalue weighted by atomic mass is 10.0. The predicted octanol–water partition coefficient (Wildman–Crippen LogP) is 7.58. The molecule has 2 unspecified atom stereocenters. The van der Waals surface area contributed by atoms with Gasteiger partial charge in [-0.3, -0.25) is 0 Å². The van der Waals surface area contributed by atoms with Crippen LogP contribution >= 0.6 is 0 Å². The quantitative estimate of drug-likeness (QED) is 0.0555. The third kappa shape index (κ3) is 10.3. The molecule has 50 heavy (non-hydrogen) atoms. The van der Waals surface area contributed by atoms with Gasteiger partial charge in [0, 0.05) is 25.0 Å². The van der Waals surface area contributed by atoms with Crippen molar-refractivity contribution in [1.29, 1.82) is 0 Å². The van der Waals surface area contributed by atoms with E-state index in [1.165, 1.54) is 24.3 Å². The summed E-state index contributed by atoms with van der Waals surface area (Å²) in [5.74, 6) is -7.93. The second-order valence-electron chi connectivity index (χ2n) is 10.9. The Kier molecular flexibility index (Phi) is 11.1. The van der Waals surface area contributed by atoms with Gasteiger partial charge in [-0.1, -0.05) is 12.1 Å². The van der Waals surface area contributed by atoms with E-state index in [0.717, 1.165) is 24.3 Å². The molecule has 0 spiro atoms. The zero-order chi connectivity index (χ0) is 36.1. The van der Waals surface area contributed by atoms with Crippen LogP contribution in [0.3, 0.4) is 0 Å². The van der Waals surface area contributed by atoms with Crippen LogP contribution in [0.1, 0.15) is 35.1 Å². The first-order valence-electron chi connectivity index (χ1n) is 14.9. The molecule has 0 N–H and O–H groups in total. The molecule has 0 radical (unpaired) electrons. The summed E-state index contributed by atoms with van der Waals surface area (Å²) < 4.78 is 143. The number of ether oxygens (including phenoxy) is 6. The summed E-state index contributed by atoms with van der Waals surface area (Å²) in [4.78, 5) is 24.8. The number of halogens is 8. The highest BCUT2D eigenvalue weighted by atomic mass is 19.4. The maximum atomic E-state index is 14.4. The van der Waals surface area contributed by atoms with Crippen LogP contribution in [0, 0.1) is 11.6 Å². The first-order chi connectivity index (χ1) is 23.7. The van der Waals surface area contributed by atoms with Crippen molar-refractivity contribution in [3.8, 4) is 23.0 Å². The Morgan fingerprint density at radius 2 is 1.00 bits per heavy atom. The van der Waals surface area contributed by atoms with Crippen molar-refractivity contribution in [2.24, 2.45) is 0 Å². The highest BCUT2D eigenvalue weighted by Crippen LogP contribution is 2.49. The zero-order valence-corrected chi connectivity index (χ0v) is 25.6. The number of carbonyl (C=O) groups excluding carboxylic acids is 2. The van der Waals surface area contributed by atoms with Gasteiger partial charge in [0.1, 0.15) is 22.6 Å². The fourth-order valence-corrected chi connectivity index (χ4v) is 4.46. The normalized spacial score (nSPS) is 17.2. The van der Waals surface area contributed by atoms with E-state index in [2.05, 4.69) is 9.47 Å². The molecule has 3 aromatic rings. The fourth-order valence-electron chi connectivity index (χ4n) is 4.46. The summed E-state index contributed by atoms with van der Waals surface area (Å²) in [5.41, 5.74) is -4.75. The first-order valence-corrected chi connectivity index (χ1v) is 14.9. The number of benzene rings is 3. The molecule has 0 aliphatic carbocycles. The minimum Gasteiger partial charge on any atom is -0.490 e. The van der Waals surface area contributed by atoms with Gasteiger partial charge in [-0.25, -0.2) is 18.4 Å². The summed E-state index contributed by atoms with van der Waals surface area (Å²) in [7, 11) is 0. The maximum absolute atomic E-state index is 14.4. The first kappa shape index (κ1) is 36.3. The second-order valence-corrected chi connectivity index (χ2v) is 10.9. The van der Waals surface area contributed by atoms with E-state index >= 15 is 0 Å². The molecule has 16 heteroatoms. The van der Waals surface area contributed by atoms with Crippen molar-refractivity contribution in [3.63, 3.8) is 0 Å². The third-order valence-electron chi connectivity index (χ3n) is 7.05. The third-order valence-corrected chi connectivity index (χ3v) is 7.05. The van der Waals surface area contributed by atoms with Crippen molar-refractivity contribution >= 4 is 24.1 Å². The van der Waals surface area contributed by atoms with Gasteiger partial charge in [-0.05, 0) is 59.7 Å². The molecule has 2 heterocycles. The van der Waals surface area contributed by atoms with E-state index < -0.39 is 58.6 Å². The molecular formula is C34H26F8O8. The number of esters is 2. The van der Waals surface area contributed by atoms with Crippen molar-refractivity contribution in [2.45, 2.75) is 37.4 Å². The Labute approximate surface area is 278 Å². The van der Waals surface area contributed by atoms with E-state index in [1.54, 1.807) is 0 Å². The van der Waals surface area contributed by atoms with Crippen molar-refractivity contribution in [1.82, 2.24) is 0 Å². The standard InChI is InChI=1S/C34H26F8O8/c35-23-15-19(1-5-25(23)45-13-11-21-17-47-21)3-9-29(43)49-27-7-8-28(32(34(40,41)42)31(27)33(37,38)39)50-30(44)10-4-20-2-6-26(24(36)16-20)46-14-12-22-18-48-22/h1-10,15-16,21-22H,11-14,17-18H2/b9-3+,10-4+. The monoisotopic (exact) mass is 714 g/mol. The summed E-state index contributed by atoms with van der Waals surface area (Å²) in [5, 5.41) is 0. The number of hydrogen-bond acceptors (Lipinski definition) is 8. The van der Waals surface area contributed by atoms with Crippen molar-refractivity contribution in [3.05, 3.63) is 94.6 Å². The minimum absolute atomic E-state index is 0.0612. The van der Waals surface area contributed by atoms with Gasteiger partial charge >= 0.3 is 24.3 Å².